The van der Waals surface area contributed by atoms with Crippen LogP contribution in [-0.2, 0) is 0 Å². The van der Waals surface area contributed by atoms with Crippen LogP contribution >= 0.6 is 0 Å². The van der Waals surface area contributed by atoms with Gasteiger partial charge in [-0.15, -0.1) is 0 Å². The third kappa shape index (κ3) is 5.16. The molecule has 0 N–H and O–H groups in total. The molecule has 0 aromatic heterocycles. The van der Waals surface area contributed by atoms with Crippen LogP contribution in [-0.4, -0.2) is 31.3 Å². The van der Waals surface area contributed by atoms with Gasteiger partial charge in [-0.25, -0.2) is 0 Å². The van der Waals surface area contributed by atoms with E-state index in [0.717, 1.165) is 0 Å². The Morgan fingerprint density at radius 1 is 0.500 bits per heavy atom. The third-order valence-electron chi connectivity index (χ3n) is 10.8. The van der Waals surface area contributed by atoms with Gasteiger partial charge in [-0.3, -0.25) is 0 Å². The van der Waals surface area contributed by atoms with E-state index in [1.807, 2.05) is 10.4 Å². The molecule has 0 atom stereocenters. The lowest BCUT2D eigenvalue weighted by Crippen LogP contribution is -2.89. The van der Waals surface area contributed by atoms with E-state index in [9.17, 15) is 0 Å². The minimum atomic E-state index is -2.51. The first-order chi connectivity index (χ1) is 18.8. The van der Waals surface area contributed by atoms with Gasteiger partial charge in [0.05, 0.1) is 23.7 Å². The van der Waals surface area contributed by atoms with Crippen LogP contribution in [0.5, 0.6) is 0 Å². The molecule has 0 saturated carbocycles. The molecule has 0 fully saturated rings. The maximum Gasteiger partial charge on any atom is 0.140 e. The summed E-state index contributed by atoms with van der Waals surface area (Å²) in [5.74, 6) is 0. The minimum absolute atomic E-state index is 0.670. The molecule has 0 nitrogen and oxygen atoms in total. The number of hydrogen-bond acceptors (Lipinski definition) is 0. The SMILES string of the molecule is CC[Si](CC)(CC)c1c([Si](C)(C)C)cccc1[Si](c1ccccc1)(c1ccccc1)[Si](C(C)C)(C(C)C)C(C)C. The standard InChI is InChI=1S/C36H58Si4/c1-13-38(14-2,15-3)36-34(37(10,11)12)27-22-28-35(36)40(32-23-18-16-19-24-32,33-25-20-17-21-26-33)39(29(4)5,30(6)7)31(8)9/h16-31H,13-15H2,1-12H3. The van der Waals surface area contributed by atoms with Gasteiger partial charge in [0, 0.05) is 0 Å². The van der Waals surface area contributed by atoms with Crippen LogP contribution in [0.2, 0.25) is 54.4 Å². The van der Waals surface area contributed by atoms with Gasteiger partial charge in [-0.2, -0.15) is 0 Å². The molecule has 0 bridgehead atoms. The fourth-order valence-electron chi connectivity index (χ4n) is 9.23. The summed E-state index contributed by atoms with van der Waals surface area (Å²) in [6.45, 7) is 31.0. The Kier molecular flexibility index (Phi) is 10.6. The van der Waals surface area contributed by atoms with Gasteiger partial charge in [0.1, 0.15) is 7.59 Å². The summed E-state index contributed by atoms with van der Waals surface area (Å²) in [6, 6.07) is 35.8. The van der Waals surface area contributed by atoms with Crippen molar-refractivity contribution in [1.82, 2.24) is 0 Å². The first-order valence-electron chi connectivity index (χ1n) is 16.1. The quantitative estimate of drug-likeness (QED) is 0.145. The smallest absolute Gasteiger partial charge is 0.0675 e. The lowest BCUT2D eigenvalue weighted by atomic mass is 10.3. The lowest BCUT2D eigenvalue weighted by molar-refractivity contribution is 0.844. The van der Waals surface area contributed by atoms with Crippen LogP contribution in [0, 0.1) is 0 Å². The van der Waals surface area contributed by atoms with Gasteiger partial charge in [0.25, 0.3) is 0 Å². The highest BCUT2D eigenvalue weighted by Gasteiger charge is 2.63. The van der Waals surface area contributed by atoms with Crippen LogP contribution < -0.4 is 25.9 Å². The Hall–Kier alpha value is -1.47. The molecule has 218 valence electrons. The first-order valence-corrected chi connectivity index (χ1v) is 27.4. The Labute approximate surface area is 251 Å². The molecule has 0 radical (unpaired) electrons. The summed E-state index contributed by atoms with van der Waals surface area (Å²) in [5.41, 5.74) is 2.01. The van der Waals surface area contributed by atoms with Gasteiger partial charge in [0.15, 0.2) is 0 Å². The van der Waals surface area contributed by atoms with Gasteiger partial charge < -0.3 is 0 Å². The van der Waals surface area contributed by atoms with Gasteiger partial charge in [-0.1, -0.05) is 222 Å². The van der Waals surface area contributed by atoms with Gasteiger partial charge in [0.2, 0.25) is 0 Å². The Morgan fingerprint density at radius 3 is 1.20 bits per heavy atom. The zero-order valence-electron chi connectivity index (χ0n) is 27.9. The molecule has 0 amide bonds. The largest absolute Gasteiger partial charge is 0.140 e. The summed E-state index contributed by atoms with van der Waals surface area (Å²) in [6.07, 6.45) is 0. The van der Waals surface area contributed by atoms with E-state index in [-0.39, 0.29) is 0 Å². The third-order valence-corrected chi connectivity index (χ3v) is 41.2. The first kappa shape index (κ1) is 33.0. The fraction of sp³-hybridized carbons (Fsp3) is 0.500. The van der Waals surface area contributed by atoms with Crippen LogP contribution in [0.15, 0.2) is 78.9 Å². The highest BCUT2D eigenvalue weighted by molar-refractivity contribution is 7.58. The second-order valence-electron chi connectivity index (χ2n) is 14.2. The monoisotopic (exact) mass is 602 g/mol. The highest BCUT2D eigenvalue weighted by atomic mass is 29.3. The van der Waals surface area contributed by atoms with Crippen LogP contribution in [0.3, 0.4) is 0 Å². The Morgan fingerprint density at radius 2 is 0.875 bits per heavy atom. The maximum atomic E-state index is 2.68. The van der Waals surface area contributed by atoms with Gasteiger partial charge >= 0.3 is 0 Å². The average molecular weight is 603 g/mol. The normalized spacial score (nSPS) is 13.5. The molecule has 0 spiro atoms. The molecular formula is C36H58Si4. The molecule has 40 heavy (non-hydrogen) atoms. The van der Waals surface area contributed by atoms with E-state index in [1.165, 1.54) is 18.1 Å². The molecule has 0 aliphatic heterocycles. The van der Waals surface area contributed by atoms with Crippen molar-refractivity contribution in [3.05, 3.63) is 78.9 Å². The van der Waals surface area contributed by atoms with Crippen LogP contribution in [0.4, 0.5) is 0 Å². The summed E-state index contributed by atoms with van der Waals surface area (Å²) in [7, 11) is -7.97. The highest BCUT2D eigenvalue weighted by Crippen LogP contribution is 2.47. The van der Waals surface area contributed by atoms with Crippen molar-refractivity contribution in [2.75, 3.05) is 0 Å². The van der Waals surface area contributed by atoms with Crippen molar-refractivity contribution in [2.24, 2.45) is 0 Å². The molecule has 4 heteroatoms. The maximum absolute atomic E-state index is 2.68. The van der Waals surface area contributed by atoms with E-state index in [1.54, 1.807) is 15.6 Å². The van der Waals surface area contributed by atoms with E-state index in [2.05, 4.69) is 161 Å². The van der Waals surface area contributed by atoms with Crippen molar-refractivity contribution in [3.8, 4) is 0 Å². The molecule has 0 aliphatic carbocycles. The van der Waals surface area contributed by atoms with Crippen molar-refractivity contribution < 1.29 is 0 Å². The number of benzene rings is 3. The summed E-state index contributed by atoms with van der Waals surface area (Å²) in [5, 5.41) is 8.81. The summed E-state index contributed by atoms with van der Waals surface area (Å²) < 4.78 is 0. The molecule has 0 aliphatic rings. The average Bonchev–Trinajstić information content (AvgIpc) is 2.92. The van der Waals surface area contributed by atoms with Crippen LogP contribution in [0.1, 0.15) is 62.3 Å². The molecule has 0 saturated heterocycles. The van der Waals surface area contributed by atoms with Crippen molar-refractivity contribution in [3.63, 3.8) is 0 Å². The minimum Gasteiger partial charge on any atom is -0.0675 e. The fourth-order valence-corrected chi connectivity index (χ4v) is 43.4. The summed E-state index contributed by atoms with van der Waals surface area (Å²) >= 11 is 0. The molecule has 3 aromatic carbocycles. The predicted molar refractivity (Wildman–Crippen MR) is 195 cm³/mol. The second kappa shape index (κ2) is 12.8. The van der Waals surface area contributed by atoms with Gasteiger partial charge in [-0.05, 0) is 0 Å². The zero-order valence-corrected chi connectivity index (χ0v) is 31.9. The number of rotatable bonds is 12. The van der Waals surface area contributed by atoms with Crippen molar-refractivity contribution in [2.45, 2.75) is 117 Å². The predicted octanol–water partition coefficient (Wildman–Crippen LogP) is 8.17. The molecule has 3 rings (SSSR count). The number of hydrogen-bond donors (Lipinski definition) is 0. The Balaban J connectivity index is 2.86. The molecule has 0 heterocycles. The molecule has 0 unspecified atom stereocenters. The van der Waals surface area contributed by atoms with Crippen molar-refractivity contribution in [1.29, 1.82) is 0 Å². The second-order valence-corrected chi connectivity index (χ2v) is 37.8. The van der Waals surface area contributed by atoms with Crippen LogP contribution in [0.25, 0.3) is 0 Å². The van der Waals surface area contributed by atoms with E-state index < -0.39 is 31.3 Å². The van der Waals surface area contributed by atoms with E-state index in [0.29, 0.717) is 16.6 Å². The van der Waals surface area contributed by atoms with E-state index in [4.69, 9.17) is 0 Å². The lowest BCUT2D eigenvalue weighted by Gasteiger charge is -2.58. The molecular weight excluding hydrogens is 545 g/mol. The Bertz CT molecular complexity index is 1150. The molecule has 3 aromatic rings. The topological polar surface area (TPSA) is 0 Å². The van der Waals surface area contributed by atoms with Crippen molar-refractivity contribution >= 4 is 57.3 Å². The zero-order chi connectivity index (χ0) is 29.9. The van der Waals surface area contributed by atoms with E-state index >= 15 is 0 Å². The summed E-state index contributed by atoms with van der Waals surface area (Å²) in [4.78, 5) is 0.